The Morgan fingerprint density at radius 1 is 1.36 bits per heavy atom. The maximum absolute atomic E-state index is 3.48. The molecule has 2 aliphatic rings. The number of fused-ring (bicyclic) bond motifs is 1. The number of nitrogens with one attached hydrogen (secondary N) is 1. The standard InChI is InChI=1S/C11H16N2S/c1-2-11(14-3-1)8-13-6-9-4-12-5-10(9)7-13/h1-3,9-10,12H,4-8H2. The molecule has 0 bridgehead atoms. The fourth-order valence-corrected chi connectivity index (χ4v) is 3.45. The summed E-state index contributed by atoms with van der Waals surface area (Å²) in [5.74, 6) is 1.85. The van der Waals surface area contributed by atoms with E-state index in [2.05, 4.69) is 27.7 Å². The highest BCUT2D eigenvalue weighted by atomic mass is 32.1. The zero-order chi connectivity index (χ0) is 9.38. The first-order valence-electron chi connectivity index (χ1n) is 5.37. The molecule has 2 fully saturated rings. The zero-order valence-electron chi connectivity index (χ0n) is 8.28. The fourth-order valence-electron chi connectivity index (χ4n) is 2.70. The Morgan fingerprint density at radius 3 is 2.79 bits per heavy atom. The first-order valence-corrected chi connectivity index (χ1v) is 6.25. The molecular formula is C11H16N2S. The minimum Gasteiger partial charge on any atom is -0.316 e. The van der Waals surface area contributed by atoms with Crippen LogP contribution in [-0.2, 0) is 6.54 Å². The van der Waals surface area contributed by atoms with Gasteiger partial charge in [-0.3, -0.25) is 4.90 Å². The van der Waals surface area contributed by atoms with Crippen molar-refractivity contribution in [2.75, 3.05) is 26.2 Å². The Balaban J connectivity index is 1.61. The van der Waals surface area contributed by atoms with Gasteiger partial charge >= 0.3 is 0 Å². The highest BCUT2D eigenvalue weighted by Gasteiger charge is 2.35. The molecule has 76 valence electrons. The molecule has 2 unspecified atom stereocenters. The van der Waals surface area contributed by atoms with Crippen LogP contribution in [0, 0.1) is 11.8 Å². The van der Waals surface area contributed by atoms with Crippen LogP contribution in [0.3, 0.4) is 0 Å². The lowest BCUT2D eigenvalue weighted by Gasteiger charge is -2.15. The van der Waals surface area contributed by atoms with Crippen LogP contribution in [0.25, 0.3) is 0 Å². The lowest BCUT2D eigenvalue weighted by atomic mass is 10.0. The Hall–Kier alpha value is -0.380. The smallest absolute Gasteiger partial charge is 0.0328 e. The van der Waals surface area contributed by atoms with Crippen molar-refractivity contribution in [3.8, 4) is 0 Å². The second kappa shape index (κ2) is 3.65. The predicted molar refractivity (Wildman–Crippen MR) is 59.4 cm³/mol. The summed E-state index contributed by atoms with van der Waals surface area (Å²) in [6, 6.07) is 4.40. The van der Waals surface area contributed by atoms with E-state index >= 15 is 0 Å². The van der Waals surface area contributed by atoms with Crippen molar-refractivity contribution in [3.05, 3.63) is 22.4 Å². The molecule has 14 heavy (non-hydrogen) atoms. The van der Waals surface area contributed by atoms with Crippen LogP contribution < -0.4 is 5.32 Å². The summed E-state index contributed by atoms with van der Waals surface area (Å²) in [7, 11) is 0. The van der Waals surface area contributed by atoms with Crippen LogP contribution in [0.4, 0.5) is 0 Å². The average Bonchev–Trinajstić information content (AvgIpc) is 2.78. The molecule has 2 atom stereocenters. The largest absolute Gasteiger partial charge is 0.316 e. The second-order valence-corrected chi connectivity index (χ2v) is 5.48. The molecule has 0 spiro atoms. The van der Waals surface area contributed by atoms with Gasteiger partial charge in [0.2, 0.25) is 0 Å². The van der Waals surface area contributed by atoms with Gasteiger partial charge in [-0.15, -0.1) is 11.3 Å². The molecule has 3 heterocycles. The topological polar surface area (TPSA) is 15.3 Å². The van der Waals surface area contributed by atoms with E-state index in [1.54, 1.807) is 0 Å². The molecule has 1 aromatic heterocycles. The molecule has 0 aliphatic carbocycles. The average molecular weight is 208 g/mol. The van der Waals surface area contributed by atoms with Gasteiger partial charge < -0.3 is 5.32 Å². The molecule has 2 saturated heterocycles. The van der Waals surface area contributed by atoms with E-state index < -0.39 is 0 Å². The summed E-state index contributed by atoms with van der Waals surface area (Å²) in [5, 5.41) is 5.65. The minimum atomic E-state index is 0.926. The summed E-state index contributed by atoms with van der Waals surface area (Å²) < 4.78 is 0. The number of thiophene rings is 1. The van der Waals surface area contributed by atoms with Crippen molar-refractivity contribution in [2.24, 2.45) is 11.8 Å². The normalized spacial score (nSPS) is 32.3. The SMILES string of the molecule is c1csc(CN2CC3CNCC3C2)c1. The molecule has 0 saturated carbocycles. The van der Waals surface area contributed by atoms with E-state index in [-0.39, 0.29) is 0 Å². The Kier molecular flexibility index (Phi) is 2.32. The summed E-state index contributed by atoms with van der Waals surface area (Å²) >= 11 is 1.88. The lowest BCUT2D eigenvalue weighted by molar-refractivity contribution is 0.308. The number of hydrogen-bond acceptors (Lipinski definition) is 3. The predicted octanol–water partition coefficient (Wildman–Crippen LogP) is 1.40. The van der Waals surface area contributed by atoms with Gasteiger partial charge in [-0.2, -0.15) is 0 Å². The summed E-state index contributed by atoms with van der Waals surface area (Å²) in [4.78, 5) is 4.13. The van der Waals surface area contributed by atoms with E-state index in [4.69, 9.17) is 0 Å². The number of likely N-dealkylation sites (tertiary alicyclic amines) is 1. The Labute approximate surface area is 88.9 Å². The van der Waals surface area contributed by atoms with Crippen LogP contribution >= 0.6 is 11.3 Å². The maximum Gasteiger partial charge on any atom is 0.0328 e. The van der Waals surface area contributed by atoms with E-state index in [1.165, 1.54) is 37.6 Å². The van der Waals surface area contributed by atoms with Crippen molar-refractivity contribution in [1.29, 1.82) is 0 Å². The van der Waals surface area contributed by atoms with Gasteiger partial charge in [0.15, 0.2) is 0 Å². The maximum atomic E-state index is 3.48. The van der Waals surface area contributed by atoms with Gasteiger partial charge in [0.25, 0.3) is 0 Å². The Bertz CT molecular complexity index is 284. The quantitative estimate of drug-likeness (QED) is 0.790. The fraction of sp³-hybridized carbons (Fsp3) is 0.636. The minimum absolute atomic E-state index is 0.926. The Morgan fingerprint density at radius 2 is 2.14 bits per heavy atom. The zero-order valence-corrected chi connectivity index (χ0v) is 9.09. The van der Waals surface area contributed by atoms with E-state index in [0.29, 0.717) is 0 Å². The molecule has 3 rings (SSSR count). The third kappa shape index (κ3) is 1.60. The first-order chi connectivity index (χ1) is 6.92. The molecule has 2 nitrogen and oxygen atoms in total. The first kappa shape index (κ1) is 8.89. The number of hydrogen-bond donors (Lipinski definition) is 1. The van der Waals surface area contributed by atoms with Crippen LogP contribution in [0.5, 0.6) is 0 Å². The van der Waals surface area contributed by atoms with Gasteiger partial charge in [-0.25, -0.2) is 0 Å². The molecule has 0 radical (unpaired) electrons. The lowest BCUT2D eigenvalue weighted by Crippen LogP contribution is -2.24. The van der Waals surface area contributed by atoms with Crippen molar-refractivity contribution >= 4 is 11.3 Å². The van der Waals surface area contributed by atoms with E-state index in [9.17, 15) is 0 Å². The summed E-state index contributed by atoms with van der Waals surface area (Å²) in [6.07, 6.45) is 0. The summed E-state index contributed by atoms with van der Waals surface area (Å²) in [6.45, 7) is 6.26. The van der Waals surface area contributed by atoms with Crippen molar-refractivity contribution < 1.29 is 0 Å². The molecule has 2 aliphatic heterocycles. The highest BCUT2D eigenvalue weighted by molar-refractivity contribution is 7.09. The number of rotatable bonds is 2. The van der Waals surface area contributed by atoms with Crippen LogP contribution in [0.15, 0.2) is 17.5 Å². The van der Waals surface area contributed by atoms with Gasteiger partial charge in [0.1, 0.15) is 0 Å². The van der Waals surface area contributed by atoms with Crippen molar-refractivity contribution in [3.63, 3.8) is 0 Å². The van der Waals surface area contributed by atoms with E-state index in [1.807, 2.05) is 11.3 Å². The monoisotopic (exact) mass is 208 g/mol. The molecule has 1 aromatic rings. The molecule has 3 heteroatoms. The van der Waals surface area contributed by atoms with Gasteiger partial charge in [0.05, 0.1) is 0 Å². The third-order valence-electron chi connectivity index (χ3n) is 3.42. The number of nitrogens with zero attached hydrogens (tertiary/aromatic N) is 1. The molecule has 0 amide bonds. The van der Waals surface area contributed by atoms with E-state index in [0.717, 1.165) is 11.8 Å². The van der Waals surface area contributed by atoms with Crippen molar-refractivity contribution in [2.45, 2.75) is 6.54 Å². The van der Waals surface area contributed by atoms with Crippen LogP contribution in [-0.4, -0.2) is 31.1 Å². The van der Waals surface area contributed by atoms with Crippen LogP contribution in [0.2, 0.25) is 0 Å². The third-order valence-corrected chi connectivity index (χ3v) is 4.29. The van der Waals surface area contributed by atoms with Crippen molar-refractivity contribution in [1.82, 2.24) is 10.2 Å². The molecular weight excluding hydrogens is 192 g/mol. The second-order valence-electron chi connectivity index (χ2n) is 4.45. The molecule has 1 N–H and O–H groups in total. The molecule has 0 aromatic carbocycles. The van der Waals surface area contributed by atoms with Gasteiger partial charge in [-0.1, -0.05) is 6.07 Å². The summed E-state index contributed by atoms with van der Waals surface area (Å²) in [5.41, 5.74) is 0. The van der Waals surface area contributed by atoms with Gasteiger partial charge in [-0.05, 0) is 36.4 Å². The highest BCUT2D eigenvalue weighted by Crippen LogP contribution is 2.27. The van der Waals surface area contributed by atoms with Gasteiger partial charge in [0, 0.05) is 24.5 Å². The van der Waals surface area contributed by atoms with Crippen LogP contribution in [0.1, 0.15) is 4.88 Å².